The Morgan fingerprint density at radius 3 is 2.72 bits per heavy atom. The van der Waals surface area contributed by atoms with Crippen molar-refractivity contribution in [1.29, 1.82) is 0 Å². The zero-order valence-corrected chi connectivity index (χ0v) is 16.0. The average molecular weight is 396 g/mol. The van der Waals surface area contributed by atoms with Gasteiger partial charge in [-0.3, -0.25) is 4.79 Å². The molecule has 0 radical (unpaired) electrons. The Labute approximate surface area is 156 Å². The molecule has 25 heavy (non-hydrogen) atoms. The lowest BCUT2D eigenvalue weighted by Gasteiger charge is -2.22. The molecule has 2 heterocycles. The highest BCUT2D eigenvalue weighted by Crippen LogP contribution is 2.33. The number of carbonyl (C=O) groups excluding carboxylic acids is 1. The van der Waals surface area contributed by atoms with Crippen molar-refractivity contribution in [1.82, 2.24) is 5.32 Å². The normalized spacial score (nSPS) is 22.3. The lowest BCUT2D eigenvalue weighted by atomic mass is 10.0. The van der Waals surface area contributed by atoms with Gasteiger partial charge in [-0.25, -0.2) is 8.42 Å². The summed E-state index contributed by atoms with van der Waals surface area (Å²) in [5.41, 5.74) is 0.278. The Balaban J connectivity index is 1.67. The van der Waals surface area contributed by atoms with Crippen molar-refractivity contribution in [2.24, 2.45) is 0 Å². The molecule has 1 aromatic carbocycles. The van der Waals surface area contributed by atoms with E-state index in [-0.39, 0.29) is 17.4 Å². The van der Waals surface area contributed by atoms with Crippen LogP contribution in [0.15, 0.2) is 42.5 Å². The third kappa shape index (κ3) is 4.51. The maximum Gasteiger partial charge on any atom is 0.244 e. The summed E-state index contributed by atoms with van der Waals surface area (Å²) in [6.45, 7) is 1.77. The Bertz CT molecular complexity index is 933. The molecule has 1 aromatic heterocycles. The number of hydrogen-bond donors (Lipinski definition) is 1. The monoisotopic (exact) mass is 395 g/mol. The topological polar surface area (TPSA) is 63.2 Å². The van der Waals surface area contributed by atoms with Crippen molar-refractivity contribution in [3.63, 3.8) is 0 Å². The zero-order valence-electron chi connectivity index (χ0n) is 13.7. The van der Waals surface area contributed by atoms with Gasteiger partial charge in [0, 0.05) is 26.4 Å². The van der Waals surface area contributed by atoms with E-state index < -0.39 is 15.4 Å². The molecule has 2 aromatic rings. The van der Waals surface area contributed by atoms with E-state index in [9.17, 15) is 13.2 Å². The van der Waals surface area contributed by atoms with Crippen LogP contribution in [0.3, 0.4) is 0 Å². The smallest absolute Gasteiger partial charge is 0.244 e. The van der Waals surface area contributed by atoms with Gasteiger partial charge in [-0.05, 0) is 37.6 Å². The summed E-state index contributed by atoms with van der Waals surface area (Å²) in [7, 11) is -3.05. The average Bonchev–Trinajstić information content (AvgIpc) is 3.10. The predicted molar refractivity (Wildman–Crippen MR) is 104 cm³/mol. The number of carbonyl (C=O) groups is 1. The Morgan fingerprint density at radius 2 is 2.04 bits per heavy atom. The molecular formula is C18H18ClNO3S2. The largest absolute Gasteiger partial charge is 0.346 e. The highest BCUT2D eigenvalue weighted by molar-refractivity contribution is 7.91. The Morgan fingerprint density at radius 1 is 1.28 bits per heavy atom. The van der Waals surface area contributed by atoms with Gasteiger partial charge in [0.05, 0.1) is 17.0 Å². The van der Waals surface area contributed by atoms with E-state index in [1.54, 1.807) is 13.0 Å². The summed E-state index contributed by atoms with van der Waals surface area (Å²) in [5, 5.41) is 3.50. The van der Waals surface area contributed by atoms with Crippen molar-refractivity contribution < 1.29 is 13.2 Å². The second-order valence-corrected chi connectivity index (χ2v) is 10.1. The summed E-state index contributed by atoms with van der Waals surface area (Å²) in [6.07, 6.45) is 3.62. The molecule has 1 unspecified atom stereocenters. The van der Waals surface area contributed by atoms with Crippen molar-refractivity contribution in [2.45, 2.75) is 18.9 Å². The number of rotatable bonds is 4. The van der Waals surface area contributed by atoms with E-state index in [0.29, 0.717) is 11.4 Å². The Kier molecular flexibility index (Phi) is 5.04. The van der Waals surface area contributed by atoms with Crippen molar-refractivity contribution >= 4 is 44.8 Å². The summed E-state index contributed by atoms with van der Waals surface area (Å²) >= 11 is 7.74. The van der Waals surface area contributed by atoms with Gasteiger partial charge in [0.1, 0.15) is 0 Å². The van der Waals surface area contributed by atoms with Gasteiger partial charge in [0.25, 0.3) is 0 Å². The van der Waals surface area contributed by atoms with Gasteiger partial charge in [-0.15, -0.1) is 11.3 Å². The fourth-order valence-corrected chi connectivity index (χ4v) is 6.19. The minimum absolute atomic E-state index is 0.00473. The number of nitrogens with one attached hydrogen (secondary N) is 1. The van der Waals surface area contributed by atoms with E-state index in [1.807, 2.05) is 36.4 Å². The number of hydrogen-bond acceptors (Lipinski definition) is 4. The van der Waals surface area contributed by atoms with Gasteiger partial charge in [0.15, 0.2) is 9.84 Å². The first-order valence-electron chi connectivity index (χ1n) is 7.82. The van der Waals surface area contributed by atoms with Crippen LogP contribution in [0, 0.1) is 0 Å². The molecule has 0 aliphatic carbocycles. The molecule has 3 rings (SSSR count). The summed E-state index contributed by atoms with van der Waals surface area (Å²) in [4.78, 5) is 14.1. The third-order valence-corrected chi connectivity index (χ3v) is 7.41. The van der Waals surface area contributed by atoms with E-state index >= 15 is 0 Å². The number of benzene rings is 1. The van der Waals surface area contributed by atoms with Crippen LogP contribution in [-0.4, -0.2) is 31.4 Å². The second-order valence-electron chi connectivity index (χ2n) is 6.41. The molecule has 0 spiro atoms. The minimum atomic E-state index is -3.05. The van der Waals surface area contributed by atoms with Gasteiger partial charge in [-0.2, -0.15) is 0 Å². The van der Waals surface area contributed by atoms with Crippen LogP contribution >= 0.6 is 22.9 Å². The molecule has 1 aliphatic rings. The summed E-state index contributed by atoms with van der Waals surface area (Å²) in [5.74, 6) is -0.165. The molecule has 1 N–H and O–H groups in total. The predicted octanol–water partition coefficient (Wildman–Crippen LogP) is 3.78. The lowest BCUT2D eigenvalue weighted by Crippen LogP contribution is -2.46. The molecule has 1 aliphatic heterocycles. The molecule has 1 atom stereocenters. The fourth-order valence-electron chi connectivity index (χ4n) is 2.85. The van der Waals surface area contributed by atoms with Crippen molar-refractivity contribution in [3.8, 4) is 10.4 Å². The van der Waals surface area contributed by atoms with Crippen LogP contribution in [0.4, 0.5) is 0 Å². The molecule has 1 amide bonds. The maximum absolute atomic E-state index is 12.1. The first-order valence-corrected chi connectivity index (χ1v) is 10.8. The standard InChI is InChI=1S/C18H18ClNO3S2/c1-18(10-11-25(22,23)12-18)20-17(21)9-7-13-6-8-16(24-13)14-4-2-3-5-15(14)19/h2-9H,10-12H2,1H3,(H,20,21)/b9-7+. The molecule has 0 bridgehead atoms. The number of sulfone groups is 1. The number of halogens is 1. The van der Waals surface area contributed by atoms with Gasteiger partial charge in [0.2, 0.25) is 5.91 Å². The summed E-state index contributed by atoms with van der Waals surface area (Å²) in [6, 6.07) is 11.5. The van der Waals surface area contributed by atoms with Crippen molar-refractivity contribution in [2.75, 3.05) is 11.5 Å². The van der Waals surface area contributed by atoms with Crippen LogP contribution in [0.5, 0.6) is 0 Å². The molecule has 7 heteroatoms. The van der Waals surface area contributed by atoms with Crippen LogP contribution < -0.4 is 5.32 Å². The van der Waals surface area contributed by atoms with Crippen LogP contribution in [0.2, 0.25) is 5.02 Å². The SMILES string of the molecule is CC1(NC(=O)/C=C/c2ccc(-c3ccccc3Cl)s2)CCS(=O)(=O)C1. The highest BCUT2D eigenvalue weighted by atomic mass is 35.5. The van der Waals surface area contributed by atoms with Crippen molar-refractivity contribution in [3.05, 3.63) is 52.4 Å². The van der Waals surface area contributed by atoms with E-state index in [2.05, 4.69) is 5.32 Å². The van der Waals surface area contributed by atoms with Gasteiger partial charge in [-0.1, -0.05) is 29.8 Å². The van der Waals surface area contributed by atoms with Gasteiger partial charge >= 0.3 is 0 Å². The lowest BCUT2D eigenvalue weighted by molar-refractivity contribution is -0.117. The highest BCUT2D eigenvalue weighted by Gasteiger charge is 2.39. The molecule has 1 saturated heterocycles. The molecule has 1 fully saturated rings. The van der Waals surface area contributed by atoms with Crippen LogP contribution in [0.1, 0.15) is 18.2 Å². The quantitative estimate of drug-likeness (QED) is 0.801. The van der Waals surface area contributed by atoms with Crippen LogP contribution in [0.25, 0.3) is 16.5 Å². The third-order valence-electron chi connectivity index (χ3n) is 4.09. The molecule has 0 saturated carbocycles. The van der Waals surface area contributed by atoms with E-state index in [4.69, 9.17) is 11.6 Å². The Hall–Kier alpha value is -1.63. The minimum Gasteiger partial charge on any atom is -0.346 e. The van der Waals surface area contributed by atoms with E-state index in [1.165, 1.54) is 17.4 Å². The fraction of sp³-hybridized carbons (Fsp3) is 0.278. The van der Waals surface area contributed by atoms with E-state index in [0.717, 1.165) is 15.3 Å². The molecule has 4 nitrogen and oxygen atoms in total. The maximum atomic E-state index is 12.1. The molecule has 132 valence electrons. The number of thiophene rings is 1. The first kappa shape index (κ1) is 18.2. The van der Waals surface area contributed by atoms with Crippen LogP contribution in [-0.2, 0) is 14.6 Å². The molecular weight excluding hydrogens is 378 g/mol. The summed E-state index contributed by atoms with van der Waals surface area (Å²) < 4.78 is 23.2. The number of amides is 1. The second kappa shape index (κ2) is 6.94. The zero-order chi connectivity index (χ0) is 18.1. The van der Waals surface area contributed by atoms with Gasteiger partial charge < -0.3 is 5.32 Å². The first-order chi connectivity index (χ1) is 11.8.